The Bertz CT molecular complexity index is 1580. The van der Waals surface area contributed by atoms with Crippen LogP contribution in [-0.2, 0) is 6.42 Å². The van der Waals surface area contributed by atoms with E-state index in [0.717, 1.165) is 27.6 Å². The van der Waals surface area contributed by atoms with Crippen molar-refractivity contribution in [2.45, 2.75) is 53.6 Å². The summed E-state index contributed by atoms with van der Waals surface area (Å²) < 4.78 is 41.8. The van der Waals surface area contributed by atoms with Crippen LogP contribution in [0.15, 0.2) is 47.2 Å². The summed E-state index contributed by atoms with van der Waals surface area (Å²) in [5, 5.41) is 32.8. The van der Waals surface area contributed by atoms with E-state index >= 15 is 0 Å². The molecular weight excluding hydrogens is 748 g/mol. The molecule has 0 atom stereocenters. The van der Waals surface area contributed by atoms with Crippen LogP contribution in [0.5, 0.6) is 0 Å². The van der Waals surface area contributed by atoms with E-state index in [9.17, 15) is 32.7 Å². The summed E-state index contributed by atoms with van der Waals surface area (Å²) in [5.41, 5.74) is 1.40. The summed E-state index contributed by atoms with van der Waals surface area (Å²) in [4.78, 5) is 39.1. The van der Waals surface area contributed by atoms with Crippen LogP contribution in [0.1, 0.15) is 87.1 Å². The Hall–Kier alpha value is -2.08. The van der Waals surface area contributed by atoms with Gasteiger partial charge in [-0.05, 0) is 61.7 Å². The van der Waals surface area contributed by atoms with E-state index < -0.39 is 36.3 Å². The van der Waals surface area contributed by atoms with Crippen molar-refractivity contribution < 1.29 is 113 Å². The first-order chi connectivity index (χ1) is 21.4. The summed E-state index contributed by atoms with van der Waals surface area (Å²) in [6.45, 7) is 10.6. The number of benzene rings is 2. The number of aldehydes is 1. The molecule has 15 heteroatoms. The van der Waals surface area contributed by atoms with Gasteiger partial charge in [0, 0.05) is 10.8 Å². The Labute approximate surface area is 335 Å². The average molecular weight is 786 g/mol. The molecule has 0 unspecified atom stereocenters. The van der Waals surface area contributed by atoms with Crippen LogP contribution in [0.3, 0.4) is 0 Å². The number of aromatic carboxylic acids is 2. The van der Waals surface area contributed by atoms with Crippen LogP contribution in [0.25, 0.3) is 12.2 Å². The van der Waals surface area contributed by atoms with Crippen molar-refractivity contribution in [3.05, 3.63) is 102 Å². The second-order valence-electron chi connectivity index (χ2n) is 9.66. The molecule has 252 valence electrons. The van der Waals surface area contributed by atoms with Gasteiger partial charge in [0.1, 0.15) is 17.3 Å². The predicted octanol–water partition coefficient (Wildman–Crippen LogP) is 1.55. The largest absolute Gasteiger partial charge is 1.00 e. The van der Waals surface area contributed by atoms with Crippen LogP contribution < -0.4 is 73.5 Å². The fourth-order valence-corrected chi connectivity index (χ4v) is 3.97. The minimum absolute atomic E-state index is 0. The second kappa shape index (κ2) is 25.9. The van der Waals surface area contributed by atoms with Gasteiger partial charge in [-0.15, -0.1) is 28.3 Å². The minimum atomic E-state index is -1.27. The van der Waals surface area contributed by atoms with E-state index in [4.69, 9.17) is 11.6 Å². The molecule has 0 saturated carbocycles. The van der Waals surface area contributed by atoms with Gasteiger partial charge in [0.05, 0.1) is 35.4 Å². The molecule has 0 aliphatic heterocycles. The van der Waals surface area contributed by atoms with Crippen molar-refractivity contribution in [1.29, 1.82) is 0 Å². The molecule has 2 aromatic heterocycles. The monoisotopic (exact) mass is 784 g/mol. The van der Waals surface area contributed by atoms with Crippen LogP contribution >= 0.6 is 22.7 Å². The first kappa shape index (κ1) is 47.0. The summed E-state index contributed by atoms with van der Waals surface area (Å²) in [5.74, 6) is -3.89. The van der Waals surface area contributed by atoms with E-state index in [1.807, 2.05) is 26.2 Å². The smallest absolute Gasteiger partial charge is 1.00 e. The number of hydrogen-bond acceptors (Lipinski definition) is 8. The molecule has 0 radical (unpaired) electrons. The Morgan fingerprint density at radius 2 is 1.34 bits per heavy atom. The molecule has 2 aromatic carbocycles. The van der Waals surface area contributed by atoms with Crippen molar-refractivity contribution in [1.82, 2.24) is 9.97 Å². The number of halogens is 4. The van der Waals surface area contributed by atoms with Gasteiger partial charge in [0.15, 0.2) is 6.29 Å². The number of carbonyl (C=O) groups excluding carboxylic acids is 1. The topological polar surface area (TPSA) is 141 Å². The molecule has 0 spiro atoms. The minimum Gasteiger partial charge on any atom is -1.00 e. The van der Waals surface area contributed by atoms with Crippen molar-refractivity contribution in [3.63, 3.8) is 0 Å². The zero-order chi connectivity index (χ0) is 35.4. The third-order valence-corrected chi connectivity index (χ3v) is 6.32. The molecule has 0 bridgehead atoms. The normalized spacial score (nSPS) is 9.96. The third-order valence-electron chi connectivity index (χ3n) is 4.74. The first-order valence-corrected chi connectivity index (χ1v) is 14.8. The number of rotatable bonds is 6. The molecular formula is C32H36BrF3KN2O6S2-. The fourth-order valence-electron chi connectivity index (χ4n) is 2.83. The van der Waals surface area contributed by atoms with Gasteiger partial charge in [-0.2, -0.15) is 0 Å². The SMILES string of the molecule is CC(C)(C)[O-].CCc1ccc(C(=O)O)c(F)c1.Cc1nc(C=Cc2ccc(C(=O)O)c(F)c2)cs1.Cc1nc(C=O)cs1.[2H]CF.[Br-].[K+]. The number of aromatic nitrogens is 2. The van der Waals surface area contributed by atoms with Gasteiger partial charge in [-0.3, -0.25) is 9.18 Å². The van der Waals surface area contributed by atoms with Crippen molar-refractivity contribution in [2.75, 3.05) is 7.15 Å². The van der Waals surface area contributed by atoms with Gasteiger partial charge >= 0.3 is 63.3 Å². The Morgan fingerprint density at radius 3 is 1.66 bits per heavy atom. The van der Waals surface area contributed by atoms with Gasteiger partial charge in [0.2, 0.25) is 0 Å². The van der Waals surface area contributed by atoms with E-state index in [-0.39, 0.29) is 79.5 Å². The van der Waals surface area contributed by atoms with E-state index in [1.165, 1.54) is 46.9 Å². The van der Waals surface area contributed by atoms with Crippen molar-refractivity contribution in [2.24, 2.45) is 0 Å². The predicted molar refractivity (Wildman–Crippen MR) is 171 cm³/mol. The maximum absolute atomic E-state index is 13.4. The van der Waals surface area contributed by atoms with Crippen LogP contribution in [0.4, 0.5) is 13.2 Å². The fraction of sp³-hybridized carbons (Fsp3) is 0.281. The number of alkyl halides is 1. The quantitative estimate of drug-likeness (QED) is 0.222. The van der Waals surface area contributed by atoms with Crippen LogP contribution in [0, 0.1) is 25.5 Å². The van der Waals surface area contributed by atoms with Crippen molar-refractivity contribution >= 4 is 53.1 Å². The summed E-state index contributed by atoms with van der Waals surface area (Å²) in [6, 6.07) is 8.16. The number of nitrogens with zero attached hydrogens (tertiary/aromatic N) is 2. The molecule has 2 heterocycles. The molecule has 4 aromatic rings. The zero-order valence-electron chi connectivity index (χ0n) is 28.0. The molecule has 0 aliphatic carbocycles. The Kier molecular flexibility index (Phi) is 25.9. The molecule has 0 aliphatic rings. The number of thiazole rings is 2. The third kappa shape index (κ3) is 22.2. The zero-order valence-corrected chi connectivity index (χ0v) is 33.4. The summed E-state index contributed by atoms with van der Waals surface area (Å²) in [6.07, 6.45) is 4.92. The Morgan fingerprint density at radius 1 is 0.915 bits per heavy atom. The van der Waals surface area contributed by atoms with Crippen molar-refractivity contribution in [3.8, 4) is 0 Å². The molecule has 0 saturated heterocycles. The molecule has 8 nitrogen and oxygen atoms in total. The first-order valence-electron chi connectivity index (χ1n) is 13.7. The van der Waals surface area contributed by atoms with E-state index in [2.05, 4.69) is 9.97 Å². The van der Waals surface area contributed by atoms with Gasteiger partial charge in [-0.25, -0.2) is 28.3 Å². The Balaban J connectivity index is -0.000000587. The number of hydrogen-bond donors (Lipinski definition) is 2. The second-order valence-corrected chi connectivity index (χ2v) is 11.8. The van der Waals surface area contributed by atoms with Gasteiger partial charge in [-0.1, -0.05) is 45.9 Å². The summed E-state index contributed by atoms with van der Waals surface area (Å²) in [7, 11) is -1.00. The maximum atomic E-state index is 13.4. The van der Waals surface area contributed by atoms with E-state index in [0.29, 0.717) is 17.7 Å². The van der Waals surface area contributed by atoms with Gasteiger partial charge in [0.25, 0.3) is 0 Å². The van der Waals surface area contributed by atoms with E-state index in [1.54, 1.807) is 50.4 Å². The number of carboxylic acids is 2. The maximum Gasteiger partial charge on any atom is 1.00 e. The average Bonchev–Trinajstić information content (AvgIpc) is 3.59. The van der Waals surface area contributed by atoms with Crippen LogP contribution in [-0.4, -0.2) is 51.2 Å². The molecule has 47 heavy (non-hydrogen) atoms. The number of carboxylic acid groups (broad SMARTS) is 2. The molecule has 4 rings (SSSR count). The van der Waals surface area contributed by atoms with Crippen LogP contribution in [0.2, 0.25) is 0 Å². The number of aryl methyl sites for hydroxylation is 3. The van der Waals surface area contributed by atoms with Gasteiger partial charge < -0.3 is 32.3 Å². The summed E-state index contributed by atoms with van der Waals surface area (Å²) >= 11 is 3.02. The number of carbonyl (C=O) groups is 3. The standard InChI is InChI=1S/C13H10FNO2S.C9H9FO2.C5H5NOS.C4H9O.CH3F.BrH.K/c1-8-15-10(7-18-8)4-2-9-3-5-11(13(16)17)12(14)6-9;1-2-6-3-4-7(9(11)12)8(10)5-6;1-4-6-5(2-7)3-8-4;1-4(2,3)5;1-2;;/h2-7H,1H3,(H,16,17);3-5H,2H2,1H3,(H,11,12);2-3H,1H3;1-3H3;1H3;1H;/q;;;-1;;;+1/p-1/i;;;;1D;;. The molecule has 0 amide bonds. The molecule has 0 fully saturated rings. The molecule has 2 N–H and O–H groups in total.